The fourth-order valence-corrected chi connectivity index (χ4v) is 5.06. The second-order valence-corrected chi connectivity index (χ2v) is 9.05. The average molecular weight is 491 g/mol. The largest absolute Gasteiger partial charge is 0.333 e. The van der Waals surface area contributed by atoms with Gasteiger partial charge in [-0.05, 0) is 18.2 Å². The van der Waals surface area contributed by atoms with E-state index in [-0.39, 0.29) is 22.7 Å². The van der Waals surface area contributed by atoms with Crippen LogP contribution in [0, 0.1) is 10.1 Å². The average Bonchev–Trinajstić information content (AvgIpc) is 3.36. The lowest BCUT2D eigenvalue weighted by molar-refractivity contribution is -0.384. The molecule has 0 atom stereocenters. The number of nitro groups is 1. The Morgan fingerprint density at radius 3 is 2.57 bits per heavy atom. The lowest BCUT2D eigenvalue weighted by Crippen LogP contribution is -2.37. The molecule has 176 valence electrons. The Hall–Kier alpha value is -4.45. The van der Waals surface area contributed by atoms with E-state index in [2.05, 4.69) is 10.3 Å². The summed E-state index contributed by atoms with van der Waals surface area (Å²) in [5, 5.41) is 13.9. The van der Waals surface area contributed by atoms with Crippen molar-refractivity contribution in [2.24, 2.45) is 0 Å². The standard InChI is InChI=1S/C23H17N5O6S/c29-19(12-27-21(31)15-7-6-14(28(33)34)10-16(15)22(27)32)25-23-24-17-8-9-26(11-18(17)35-23)20(30)13-4-2-1-3-5-13/h1-7,10H,8-9,11-12H2,(H,24,25,29). The second kappa shape index (κ2) is 8.72. The molecule has 35 heavy (non-hydrogen) atoms. The van der Waals surface area contributed by atoms with Gasteiger partial charge in [-0.3, -0.25) is 34.2 Å². The van der Waals surface area contributed by atoms with Crippen LogP contribution in [0.15, 0.2) is 48.5 Å². The summed E-state index contributed by atoms with van der Waals surface area (Å²) in [5.74, 6) is -2.17. The molecule has 12 heteroatoms. The van der Waals surface area contributed by atoms with Crippen molar-refractivity contribution in [1.29, 1.82) is 0 Å². The van der Waals surface area contributed by atoms with E-state index in [0.717, 1.165) is 27.6 Å². The van der Waals surface area contributed by atoms with Gasteiger partial charge >= 0.3 is 0 Å². The first-order valence-corrected chi connectivity index (χ1v) is 11.4. The van der Waals surface area contributed by atoms with Crippen LogP contribution < -0.4 is 5.32 Å². The van der Waals surface area contributed by atoms with Crippen LogP contribution in [0.25, 0.3) is 0 Å². The Kier molecular flexibility index (Phi) is 5.57. The Bertz CT molecular complexity index is 1400. The molecule has 0 saturated carbocycles. The van der Waals surface area contributed by atoms with Crippen molar-refractivity contribution in [3.05, 3.63) is 85.9 Å². The van der Waals surface area contributed by atoms with Gasteiger partial charge in [-0.2, -0.15) is 0 Å². The molecular weight excluding hydrogens is 474 g/mol. The number of carbonyl (C=O) groups excluding carboxylic acids is 4. The van der Waals surface area contributed by atoms with Crippen LogP contribution in [0.2, 0.25) is 0 Å². The molecule has 2 aliphatic heterocycles. The molecule has 0 radical (unpaired) electrons. The number of imide groups is 1. The Balaban J connectivity index is 1.24. The minimum absolute atomic E-state index is 0.0151. The van der Waals surface area contributed by atoms with Gasteiger partial charge in [-0.15, -0.1) is 0 Å². The minimum atomic E-state index is -0.766. The number of benzene rings is 2. The molecule has 0 unspecified atom stereocenters. The topological polar surface area (TPSA) is 143 Å². The number of amides is 4. The van der Waals surface area contributed by atoms with Crippen LogP contribution in [0.4, 0.5) is 10.8 Å². The van der Waals surface area contributed by atoms with Gasteiger partial charge in [0.1, 0.15) is 6.54 Å². The number of carbonyl (C=O) groups is 4. The molecule has 3 aromatic rings. The maximum Gasteiger partial charge on any atom is 0.270 e. The Labute approximate surface area is 202 Å². The zero-order chi connectivity index (χ0) is 24.7. The number of non-ortho nitro benzene ring substituents is 1. The normalized spacial score (nSPS) is 14.5. The third kappa shape index (κ3) is 4.15. The summed E-state index contributed by atoms with van der Waals surface area (Å²) in [5.41, 5.74) is 0.978. The van der Waals surface area contributed by atoms with Gasteiger partial charge in [0.2, 0.25) is 5.91 Å². The van der Waals surface area contributed by atoms with E-state index >= 15 is 0 Å². The first-order valence-electron chi connectivity index (χ1n) is 10.6. The summed E-state index contributed by atoms with van der Waals surface area (Å²) in [6.07, 6.45) is 0.539. The van der Waals surface area contributed by atoms with E-state index in [0.29, 0.717) is 30.2 Å². The maximum absolute atomic E-state index is 12.7. The van der Waals surface area contributed by atoms with Crippen LogP contribution in [0.1, 0.15) is 41.6 Å². The first-order chi connectivity index (χ1) is 16.8. The zero-order valence-corrected chi connectivity index (χ0v) is 18.9. The van der Waals surface area contributed by atoms with Crippen molar-refractivity contribution < 1.29 is 24.1 Å². The molecule has 3 heterocycles. The molecule has 4 amide bonds. The van der Waals surface area contributed by atoms with E-state index in [9.17, 15) is 29.3 Å². The molecular formula is C23H17N5O6S. The number of fused-ring (bicyclic) bond motifs is 2. The van der Waals surface area contributed by atoms with E-state index in [1.165, 1.54) is 17.4 Å². The van der Waals surface area contributed by atoms with E-state index < -0.39 is 29.2 Å². The highest BCUT2D eigenvalue weighted by molar-refractivity contribution is 7.15. The summed E-state index contributed by atoms with van der Waals surface area (Å²) in [6.45, 7) is 0.315. The summed E-state index contributed by atoms with van der Waals surface area (Å²) in [7, 11) is 0. The molecule has 0 fully saturated rings. The highest BCUT2D eigenvalue weighted by Crippen LogP contribution is 2.30. The molecule has 2 aromatic carbocycles. The molecule has 1 aromatic heterocycles. The van der Waals surface area contributed by atoms with Crippen LogP contribution in [-0.2, 0) is 17.8 Å². The lowest BCUT2D eigenvalue weighted by atomic mass is 10.1. The van der Waals surface area contributed by atoms with Gasteiger partial charge in [0.05, 0.1) is 28.3 Å². The van der Waals surface area contributed by atoms with Crippen molar-refractivity contribution in [2.75, 3.05) is 18.4 Å². The Morgan fingerprint density at radius 1 is 1.09 bits per heavy atom. The van der Waals surface area contributed by atoms with Gasteiger partial charge in [-0.25, -0.2) is 4.98 Å². The van der Waals surface area contributed by atoms with Crippen molar-refractivity contribution in [1.82, 2.24) is 14.8 Å². The van der Waals surface area contributed by atoms with Gasteiger partial charge < -0.3 is 10.2 Å². The van der Waals surface area contributed by atoms with Crippen LogP contribution in [0.3, 0.4) is 0 Å². The Morgan fingerprint density at radius 2 is 1.83 bits per heavy atom. The van der Waals surface area contributed by atoms with Crippen molar-refractivity contribution in [3.8, 4) is 0 Å². The molecule has 0 bridgehead atoms. The minimum Gasteiger partial charge on any atom is -0.333 e. The predicted octanol–water partition coefficient (Wildman–Crippen LogP) is 2.48. The van der Waals surface area contributed by atoms with Crippen molar-refractivity contribution in [2.45, 2.75) is 13.0 Å². The number of nitro benzene ring substituents is 1. The van der Waals surface area contributed by atoms with Crippen LogP contribution >= 0.6 is 11.3 Å². The second-order valence-electron chi connectivity index (χ2n) is 7.96. The molecule has 0 aliphatic carbocycles. The highest BCUT2D eigenvalue weighted by atomic mass is 32.1. The van der Waals surface area contributed by atoms with E-state index in [1.807, 2.05) is 6.07 Å². The number of nitrogens with one attached hydrogen (secondary N) is 1. The quantitative estimate of drug-likeness (QED) is 0.328. The van der Waals surface area contributed by atoms with Gasteiger partial charge in [0.25, 0.3) is 23.4 Å². The molecule has 0 spiro atoms. The SMILES string of the molecule is O=C(CN1C(=O)c2ccc([N+](=O)[O-])cc2C1=O)Nc1nc2c(s1)CN(C(=O)c1ccccc1)CC2. The molecule has 2 aliphatic rings. The number of hydrogen-bond acceptors (Lipinski definition) is 8. The number of anilines is 1. The summed E-state index contributed by atoms with van der Waals surface area (Å²) in [4.78, 5) is 68.5. The van der Waals surface area contributed by atoms with Gasteiger partial charge in [0.15, 0.2) is 5.13 Å². The van der Waals surface area contributed by atoms with Crippen molar-refractivity contribution >= 4 is 45.8 Å². The third-order valence-electron chi connectivity index (χ3n) is 5.75. The summed E-state index contributed by atoms with van der Waals surface area (Å²) in [6, 6.07) is 12.3. The number of hydrogen-bond donors (Lipinski definition) is 1. The number of aromatic nitrogens is 1. The molecule has 11 nitrogen and oxygen atoms in total. The number of thiazole rings is 1. The fourth-order valence-electron chi connectivity index (χ4n) is 4.02. The summed E-state index contributed by atoms with van der Waals surface area (Å²) < 4.78 is 0. The van der Waals surface area contributed by atoms with Gasteiger partial charge in [0, 0.05) is 35.5 Å². The number of nitrogens with zero attached hydrogens (tertiary/aromatic N) is 4. The first kappa shape index (κ1) is 22.3. The maximum atomic E-state index is 12.7. The third-order valence-corrected chi connectivity index (χ3v) is 6.75. The van der Waals surface area contributed by atoms with E-state index in [4.69, 9.17) is 0 Å². The molecule has 5 rings (SSSR count). The summed E-state index contributed by atoms with van der Waals surface area (Å²) >= 11 is 1.23. The fraction of sp³-hybridized carbons (Fsp3) is 0.174. The molecule has 1 N–H and O–H groups in total. The van der Waals surface area contributed by atoms with Gasteiger partial charge in [-0.1, -0.05) is 29.5 Å². The van der Waals surface area contributed by atoms with E-state index in [1.54, 1.807) is 29.2 Å². The predicted molar refractivity (Wildman–Crippen MR) is 124 cm³/mol. The van der Waals surface area contributed by atoms with Crippen molar-refractivity contribution in [3.63, 3.8) is 0 Å². The smallest absolute Gasteiger partial charge is 0.270 e. The lowest BCUT2D eigenvalue weighted by Gasteiger charge is -2.26. The van der Waals surface area contributed by atoms with Crippen LogP contribution in [0.5, 0.6) is 0 Å². The molecule has 0 saturated heterocycles. The monoisotopic (exact) mass is 491 g/mol. The number of rotatable bonds is 5. The highest BCUT2D eigenvalue weighted by Gasteiger charge is 2.38. The zero-order valence-electron chi connectivity index (χ0n) is 18.1. The van der Waals surface area contributed by atoms with Crippen LogP contribution in [-0.4, -0.2) is 56.4 Å².